The number of aromatic nitrogens is 2. The van der Waals surface area contributed by atoms with Gasteiger partial charge in [0.15, 0.2) is 5.78 Å². The van der Waals surface area contributed by atoms with Crippen molar-refractivity contribution >= 4 is 23.5 Å². The number of hydrogen-bond acceptors (Lipinski definition) is 2. The Morgan fingerprint density at radius 1 is 1.17 bits per heavy atom. The fourth-order valence-corrected chi connectivity index (χ4v) is 2.38. The number of aryl methyl sites for hydroxylation is 1. The number of H-pyrrole nitrogens is 1. The normalized spacial score (nSPS) is 11.1. The van der Waals surface area contributed by atoms with Crippen molar-refractivity contribution in [3.05, 3.63) is 82.3 Å². The molecule has 0 saturated carbocycles. The molecule has 1 N–H and O–H groups in total. The number of aromatic amines is 1. The number of hydrogen-bond donors (Lipinski definition) is 1. The van der Waals surface area contributed by atoms with Crippen molar-refractivity contribution < 1.29 is 9.18 Å². The summed E-state index contributed by atoms with van der Waals surface area (Å²) in [5, 5.41) is 7.74. The Morgan fingerprint density at radius 3 is 2.62 bits per heavy atom. The number of halogens is 2. The second-order valence-corrected chi connectivity index (χ2v) is 5.81. The predicted molar refractivity (Wildman–Crippen MR) is 93.5 cm³/mol. The van der Waals surface area contributed by atoms with Gasteiger partial charge in [0.1, 0.15) is 5.82 Å². The van der Waals surface area contributed by atoms with Gasteiger partial charge >= 0.3 is 0 Å². The Labute approximate surface area is 143 Å². The minimum absolute atomic E-state index is 0.194. The molecule has 0 aliphatic heterocycles. The number of nitrogens with one attached hydrogen (secondary N) is 1. The highest BCUT2D eigenvalue weighted by Crippen LogP contribution is 2.20. The summed E-state index contributed by atoms with van der Waals surface area (Å²) in [5.41, 5.74) is 3.28. The van der Waals surface area contributed by atoms with Gasteiger partial charge in [-0.2, -0.15) is 5.10 Å². The van der Waals surface area contributed by atoms with Crippen LogP contribution in [0, 0.1) is 12.7 Å². The number of carbonyl (C=O) groups excluding carboxylic acids is 1. The van der Waals surface area contributed by atoms with Crippen LogP contribution in [0.15, 0.2) is 54.6 Å². The molecule has 3 nitrogen and oxygen atoms in total. The van der Waals surface area contributed by atoms with Crippen molar-refractivity contribution in [3.8, 4) is 11.3 Å². The van der Waals surface area contributed by atoms with Gasteiger partial charge < -0.3 is 0 Å². The van der Waals surface area contributed by atoms with E-state index in [0.29, 0.717) is 21.8 Å². The van der Waals surface area contributed by atoms with Crippen molar-refractivity contribution in [2.75, 3.05) is 0 Å². The van der Waals surface area contributed by atoms with Crippen LogP contribution in [0.3, 0.4) is 0 Å². The molecule has 0 fully saturated rings. The number of nitrogens with zero attached hydrogens (tertiary/aromatic N) is 1. The van der Waals surface area contributed by atoms with Crippen LogP contribution in [-0.4, -0.2) is 16.0 Å². The van der Waals surface area contributed by atoms with Gasteiger partial charge in [-0.05, 0) is 61.0 Å². The molecule has 0 spiro atoms. The number of ketones is 1. The quantitative estimate of drug-likeness (QED) is 0.532. The summed E-state index contributed by atoms with van der Waals surface area (Å²) in [6.07, 6.45) is 3.08. The maximum absolute atomic E-state index is 13.3. The van der Waals surface area contributed by atoms with Crippen molar-refractivity contribution in [3.63, 3.8) is 0 Å². The topological polar surface area (TPSA) is 45.8 Å². The molecule has 0 amide bonds. The summed E-state index contributed by atoms with van der Waals surface area (Å²) in [5.74, 6) is -0.516. The lowest BCUT2D eigenvalue weighted by Crippen LogP contribution is -1.96. The number of rotatable bonds is 4. The molecule has 3 rings (SSSR count). The van der Waals surface area contributed by atoms with Gasteiger partial charge in [-0.25, -0.2) is 4.39 Å². The second kappa shape index (κ2) is 6.81. The van der Waals surface area contributed by atoms with Crippen LogP contribution in [0.4, 0.5) is 4.39 Å². The van der Waals surface area contributed by atoms with Gasteiger partial charge in [0, 0.05) is 16.1 Å². The third kappa shape index (κ3) is 3.60. The first-order chi connectivity index (χ1) is 11.5. The largest absolute Gasteiger partial charge is 0.289 e. The molecule has 0 aliphatic carbocycles. The van der Waals surface area contributed by atoms with Gasteiger partial charge in [-0.3, -0.25) is 9.89 Å². The molecule has 0 saturated heterocycles. The smallest absolute Gasteiger partial charge is 0.185 e. The summed E-state index contributed by atoms with van der Waals surface area (Å²) in [7, 11) is 0. The van der Waals surface area contributed by atoms with Crippen LogP contribution in [0.25, 0.3) is 17.3 Å². The predicted octanol–water partition coefficient (Wildman–Crippen LogP) is 5.07. The van der Waals surface area contributed by atoms with E-state index in [9.17, 15) is 9.18 Å². The second-order valence-electron chi connectivity index (χ2n) is 5.38. The van der Waals surface area contributed by atoms with Crippen molar-refractivity contribution in [1.82, 2.24) is 10.2 Å². The van der Waals surface area contributed by atoms with Crippen LogP contribution in [0.2, 0.25) is 5.02 Å². The number of carbonyl (C=O) groups is 1. The van der Waals surface area contributed by atoms with Gasteiger partial charge in [0.25, 0.3) is 0 Å². The minimum Gasteiger partial charge on any atom is -0.289 e. The van der Waals surface area contributed by atoms with Gasteiger partial charge in [0.2, 0.25) is 0 Å². The molecule has 0 bridgehead atoms. The molecule has 5 heteroatoms. The van der Waals surface area contributed by atoms with Crippen LogP contribution >= 0.6 is 11.6 Å². The van der Waals surface area contributed by atoms with Crippen molar-refractivity contribution in [2.45, 2.75) is 6.92 Å². The van der Waals surface area contributed by atoms with Gasteiger partial charge in [-0.15, -0.1) is 0 Å². The third-order valence-corrected chi connectivity index (χ3v) is 3.85. The van der Waals surface area contributed by atoms with Gasteiger partial charge in [-0.1, -0.05) is 23.7 Å². The Morgan fingerprint density at radius 2 is 1.92 bits per heavy atom. The Bertz CT molecular complexity index is 913. The Kier molecular flexibility index (Phi) is 4.58. The summed E-state index contributed by atoms with van der Waals surface area (Å²) >= 11 is 5.87. The van der Waals surface area contributed by atoms with E-state index in [1.165, 1.54) is 24.3 Å². The fraction of sp³-hybridized carbons (Fsp3) is 0.0526. The summed E-state index contributed by atoms with van der Waals surface area (Å²) in [6, 6.07) is 13.5. The average molecular weight is 341 g/mol. The molecular formula is C19H14ClFN2O. The fourth-order valence-electron chi connectivity index (χ4n) is 2.25. The average Bonchev–Trinajstić information content (AvgIpc) is 3.05. The maximum atomic E-state index is 13.3. The zero-order chi connectivity index (χ0) is 17.1. The minimum atomic E-state index is -0.322. The number of allylic oxidation sites excluding steroid dienone is 1. The van der Waals surface area contributed by atoms with Crippen molar-refractivity contribution in [1.29, 1.82) is 0 Å². The maximum Gasteiger partial charge on any atom is 0.185 e. The molecule has 0 atom stereocenters. The molecule has 3 aromatic rings. The van der Waals surface area contributed by atoms with Crippen LogP contribution < -0.4 is 0 Å². The van der Waals surface area contributed by atoms with E-state index >= 15 is 0 Å². The molecule has 120 valence electrons. The summed E-state index contributed by atoms with van der Waals surface area (Å²) in [6.45, 7) is 1.63. The highest BCUT2D eigenvalue weighted by atomic mass is 35.5. The molecule has 1 heterocycles. The van der Waals surface area contributed by atoms with E-state index in [4.69, 9.17) is 11.6 Å². The van der Waals surface area contributed by atoms with Gasteiger partial charge in [0.05, 0.1) is 11.4 Å². The highest BCUT2D eigenvalue weighted by Gasteiger charge is 2.06. The zero-order valence-electron chi connectivity index (χ0n) is 12.9. The van der Waals surface area contributed by atoms with E-state index in [1.54, 1.807) is 25.1 Å². The lowest BCUT2D eigenvalue weighted by atomic mass is 10.1. The zero-order valence-corrected chi connectivity index (χ0v) is 13.6. The monoisotopic (exact) mass is 340 g/mol. The molecule has 0 unspecified atom stereocenters. The first kappa shape index (κ1) is 16.1. The molecule has 1 aromatic heterocycles. The Hall–Kier alpha value is -2.72. The van der Waals surface area contributed by atoms with E-state index in [-0.39, 0.29) is 11.6 Å². The van der Waals surface area contributed by atoms with E-state index in [2.05, 4.69) is 10.2 Å². The molecule has 0 aliphatic rings. The first-order valence-electron chi connectivity index (χ1n) is 7.33. The van der Waals surface area contributed by atoms with E-state index < -0.39 is 0 Å². The third-order valence-electron chi connectivity index (χ3n) is 3.59. The molecular weight excluding hydrogens is 327 g/mol. The first-order valence-corrected chi connectivity index (χ1v) is 7.70. The highest BCUT2D eigenvalue weighted by molar-refractivity contribution is 6.30. The SMILES string of the molecule is Cc1cc(C(=O)/C=C/c2cc(-c3ccc(Cl)cc3)n[nH]2)ccc1F. The molecule has 0 radical (unpaired) electrons. The summed E-state index contributed by atoms with van der Waals surface area (Å²) in [4.78, 5) is 12.1. The number of benzene rings is 2. The van der Waals surface area contributed by atoms with Crippen LogP contribution in [-0.2, 0) is 0 Å². The Balaban J connectivity index is 1.76. The van der Waals surface area contributed by atoms with Crippen LogP contribution in [0.5, 0.6) is 0 Å². The van der Waals surface area contributed by atoms with E-state index in [0.717, 1.165) is 11.3 Å². The lowest BCUT2D eigenvalue weighted by molar-refractivity contribution is 0.104. The van der Waals surface area contributed by atoms with Crippen molar-refractivity contribution in [2.24, 2.45) is 0 Å². The molecule has 24 heavy (non-hydrogen) atoms. The van der Waals surface area contributed by atoms with E-state index in [1.807, 2.05) is 18.2 Å². The standard InChI is InChI=1S/C19H14ClFN2O/c1-12-10-14(4-8-17(12)21)19(24)9-7-16-11-18(23-22-16)13-2-5-15(20)6-3-13/h2-11H,1H3,(H,22,23)/b9-7+. The molecule has 2 aromatic carbocycles. The van der Waals surface area contributed by atoms with Crippen LogP contribution in [0.1, 0.15) is 21.6 Å². The summed E-state index contributed by atoms with van der Waals surface area (Å²) < 4.78 is 13.3. The lowest BCUT2D eigenvalue weighted by Gasteiger charge is -1.99.